The normalized spacial score (nSPS) is 18.4. The van der Waals surface area contributed by atoms with Crippen LogP contribution in [0.4, 0.5) is 8.78 Å². The maximum atomic E-state index is 14.2. The fraction of sp³-hybridized carbons (Fsp3) is 0.538. The second kappa shape index (κ2) is 20.5. The third-order valence-corrected chi connectivity index (χ3v) is 9.54. The Morgan fingerprint density at radius 2 is 1.44 bits per heavy atom. The van der Waals surface area contributed by atoms with E-state index in [4.69, 9.17) is 4.74 Å². The van der Waals surface area contributed by atoms with Crippen molar-refractivity contribution in [1.29, 1.82) is 0 Å². The van der Waals surface area contributed by atoms with Crippen molar-refractivity contribution in [1.82, 2.24) is 20.9 Å². The summed E-state index contributed by atoms with van der Waals surface area (Å²) in [5, 5.41) is 38.3. The second-order valence-electron chi connectivity index (χ2n) is 14.3. The van der Waals surface area contributed by atoms with E-state index in [1.165, 1.54) is 25.3 Å². The number of rotatable bonds is 19. The third kappa shape index (κ3) is 12.5. The lowest BCUT2D eigenvalue weighted by Gasteiger charge is -2.33. The van der Waals surface area contributed by atoms with Crippen LogP contribution < -0.4 is 20.7 Å². The van der Waals surface area contributed by atoms with E-state index in [2.05, 4.69) is 16.0 Å². The molecule has 0 saturated heterocycles. The Balaban J connectivity index is 1.85. The van der Waals surface area contributed by atoms with Crippen molar-refractivity contribution < 1.29 is 57.6 Å². The van der Waals surface area contributed by atoms with Crippen LogP contribution in [-0.4, -0.2) is 100 Å². The molecule has 1 aliphatic carbocycles. The van der Waals surface area contributed by atoms with E-state index in [-0.39, 0.29) is 54.0 Å². The number of aliphatic carboxylic acids is 2. The van der Waals surface area contributed by atoms with Crippen LogP contribution in [0, 0.1) is 29.4 Å². The summed E-state index contributed by atoms with van der Waals surface area (Å²) in [5.41, 5.74) is 0.117. The van der Waals surface area contributed by atoms with Crippen LogP contribution in [0.5, 0.6) is 5.75 Å². The zero-order chi connectivity index (χ0) is 41.0. The molecule has 5 atom stereocenters. The molecule has 0 radical (unpaired) electrons. The molecule has 0 heterocycles. The van der Waals surface area contributed by atoms with E-state index in [0.717, 1.165) is 12.1 Å². The van der Waals surface area contributed by atoms with E-state index >= 15 is 0 Å². The molecule has 0 aliphatic heterocycles. The van der Waals surface area contributed by atoms with Crippen molar-refractivity contribution in [3.8, 4) is 5.75 Å². The van der Waals surface area contributed by atoms with Gasteiger partial charge in [-0.15, -0.1) is 0 Å². The van der Waals surface area contributed by atoms with Crippen LogP contribution in [0.3, 0.4) is 0 Å². The average molecular weight is 775 g/mol. The van der Waals surface area contributed by atoms with Gasteiger partial charge in [0.15, 0.2) is 0 Å². The Hall–Kier alpha value is -5.12. The summed E-state index contributed by atoms with van der Waals surface area (Å²) >= 11 is 0. The summed E-state index contributed by atoms with van der Waals surface area (Å²) in [6.07, 6.45) is -1.35. The van der Waals surface area contributed by atoms with Gasteiger partial charge < -0.3 is 40.9 Å². The van der Waals surface area contributed by atoms with Gasteiger partial charge in [-0.1, -0.05) is 33.8 Å². The monoisotopic (exact) mass is 774 g/mol. The highest BCUT2D eigenvalue weighted by Crippen LogP contribution is 2.30. The fourth-order valence-electron chi connectivity index (χ4n) is 6.87. The molecule has 4 amide bonds. The number of hydrogen-bond donors (Lipinski definition) is 6. The molecule has 55 heavy (non-hydrogen) atoms. The Bertz CT molecular complexity index is 1660. The number of carbonyl (C=O) groups excluding carboxylic acids is 4. The van der Waals surface area contributed by atoms with Gasteiger partial charge in [0.25, 0.3) is 11.8 Å². The molecule has 0 bridgehead atoms. The van der Waals surface area contributed by atoms with Crippen LogP contribution in [-0.2, 0) is 25.6 Å². The number of benzene rings is 2. The van der Waals surface area contributed by atoms with Crippen LogP contribution in [0.25, 0.3) is 0 Å². The van der Waals surface area contributed by atoms with Crippen LogP contribution in [0.1, 0.15) is 92.5 Å². The number of hydrogen-bond acceptors (Lipinski definition) is 8. The standard InChI is InChI=1S/C39H52F2N4O10/c1-6-11-45(12-7-2)37(50)29-10-8-9-28(34(29)55-5)35(48)43-30(15-22-13-25(40)19-26(41)14-22)31(46)20-32(47)44-33(21(3)4)36(49)42-27-17-23(38(51)52)16-24(18-27)39(53)54/h8-10,13-14,19,21,23-24,27,30-31,33,46H,6-7,11-12,15-18,20H2,1-5H3,(H,42,49)(H,43,48)(H,44,47)(H,51,52)(H,53,54)/t23?,24?,27?,30-,31+,33-/m0/s1. The van der Waals surface area contributed by atoms with Gasteiger partial charge >= 0.3 is 11.9 Å². The van der Waals surface area contributed by atoms with Crippen molar-refractivity contribution in [3.63, 3.8) is 0 Å². The molecule has 0 spiro atoms. The van der Waals surface area contributed by atoms with E-state index in [1.807, 2.05) is 13.8 Å². The minimum atomic E-state index is -1.67. The summed E-state index contributed by atoms with van der Waals surface area (Å²) in [7, 11) is 1.30. The molecule has 0 aromatic heterocycles. The number of para-hydroxylation sites is 1. The second-order valence-corrected chi connectivity index (χ2v) is 14.3. The molecule has 3 rings (SSSR count). The number of carboxylic acid groups (broad SMARTS) is 2. The van der Waals surface area contributed by atoms with Gasteiger partial charge in [-0.3, -0.25) is 28.8 Å². The van der Waals surface area contributed by atoms with Gasteiger partial charge in [0.05, 0.1) is 48.6 Å². The topological polar surface area (TPSA) is 212 Å². The number of carboxylic acids is 2. The zero-order valence-electron chi connectivity index (χ0n) is 31.8. The first kappa shape index (κ1) is 44.3. The van der Waals surface area contributed by atoms with Crippen LogP contribution in [0.15, 0.2) is 36.4 Å². The SMILES string of the molecule is CCCN(CCC)C(=O)c1cccc(C(=O)N[C@@H](Cc2cc(F)cc(F)c2)[C@H](O)CC(=O)N[C@H](C(=O)NC2CC(C(=O)O)CC(C(=O)O)C2)C(C)C)c1OC. The highest BCUT2D eigenvalue weighted by atomic mass is 19.1. The molecule has 302 valence electrons. The summed E-state index contributed by atoms with van der Waals surface area (Å²) < 4.78 is 33.9. The molecular formula is C39H52F2N4O10. The summed E-state index contributed by atoms with van der Waals surface area (Å²) in [6, 6.07) is 3.81. The van der Waals surface area contributed by atoms with Crippen molar-refractivity contribution >= 4 is 35.6 Å². The highest BCUT2D eigenvalue weighted by molar-refractivity contribution is 6.04. The summed E-state index contributed by atoms with van der Waals surface area (Å²) in [5.74, 6) is -9.34. The minimum Gasteiger partial charge on any atom is -0.495 e. The van der Waals surface area contributed by atoms with E-state index < -0.39 is 89.7 Å². The number of aliphatic hydroxyl groups is 1. The Kier molecular flexibility index (Phi) is 16.5. The van der Waals surface area contributed by atoms with Crippen LogP contribution >= 0.6 is 0 Å². The predicted octanol–water partition coefficient (Wildman–Crippen LogP) is 3.54. The van der Waals surface area contributed by atoms with E-state index in [1.54, 1.807) is 18.7 Å². The quantitative estimate of drug-likeness (QED) is 0.122. The van der Waals surface area contributed by atoms with E-state index in [9.17, 15) is 52.9 Å². The van der Waals surface area contributed by atoms with E-state index in [0.29, 0.717) is 32.0 Å². The number of methoxy groups -OCH3 is 1. The Labute approximate surface area is 319 Å². The molecule has 2 aromatic rings. The number of aliphatic hydroxyl groups excluding tert-OH is 1. The molecule has 2 aromatic carbocycles. The van der Waals surface area contributed by atoms with Gasteiger partial charge in [-0.2, -0.15) is 0 Å². The molecule has 14 nitrogen and oxygen atoms in total. The van der Waals surface area contributed by atoms with Crippen LogP contribution in [0.2, 0.25) is 0 Å². The third-order valence-electron chi connectivity index (χ3n) is 9.54. The highest BCUT2D eigenvalue weighted by Gasteiger charge is 2.38. The molecule has 1 aliphatic rings. The molecular weight excluding hydrogens is 722 g/mol. The molecule has 1 fully saturated rings. The zero-order valence-corrected chi connectivity index (χ0v) is 31.8. The molecule has 2 unspecified atom stereocenters. The molecule has 6 N–H and O–H groups in total. The first-order chi connectivity index (χ1) is 26.0. The summed E-state index contributed by atoms with van der Waals surface area (Å²) in [4.78, 5) is 79.0. The largest absolute Gasteiger partial charge is 0.495 e. The van der Waals surface area contributed by atoms with Crippen molar-refractivity contribution in [2.75, 3.05) is 20.2 Å². The average Bonchev–Trinajstić information content (AvgIpc) is 3.11. The number of ether oxygens (including phenoxy) is 1. The van der Waals surface area contributed by atoms with Crippen molar-refractivity contribution in [2.24, 2.45) is 17.8 Å². The lowest BCUT2D eigenvalue weighted by molar-refractivity contribution is -0.149. The number of carbonyl (C=O) groups is 6. The lowest BCUT2D eigenvalue weighted by Crippen LogP contribution is -2.55. The predicted molar refractivity (Wildman–Crippen MR) is 196 cm³/mol. The van der Waals surface area contributed by atoms with Crippen molar-refractivity contribution in [3.05, 3.63) is 64.7 Å². The maximum absolute atomic E-state index is 14.2. The fourth-order valence-corrected chi connectivity index (χ4v) is 6.87. The first-order valence-electron chi connectivity index (χ1n) is 18.4. The first-order valence-corrected chi connectivity index (χ1v) is 18.4. The molecule has 16 heteroatoms. The van der Waals surface area contributed by atoms with Gasteiger partial charge in [0.1, 0.15) is 23.4 Å². The Morgan fingerprint density at radius 3 is 1.95 bits per heavy atom. The summed E-state index contributed by atoms with van der Waals surface area (Å²) in [6.45, 7) is 8.08. The number of halogens is 2. The number of amides is 4. The number of nitrogens with zero attached hydrogens (tertiary/aromatic N) is 1. The van der Waals surface area contributed by atoms with Gasteiger partial charge in [-0.05, 0) is 74.3 Å². The smallest absolute Gasteiger partial charge is 0.306 e. The van der Waals surface area contributed by atoms with Crippen molar-refractivity contribution in [2.45, 2.75) is 96.9 Å². The Morgan fingerprint density at radius 1 is 0.873 bits per heavy atom. The van der Waals surface area contributed by atoms with Gasteiger partial charge in [-0.25, -0.2) is 8.78 Å². The van der Waals surface area contributed by atoms with Gasteiger partial charge in [0, 0.05) is 25.2 Å². The number of nitrogens with one attached hydrogen (secondary N) is 3. The maximum Gasteiger partial charge on any atom is 0.306 e. The van der Waals surface area contributed by atoms with Gasteiger partial charge in [0.2, 0.25) is 11.8 Å². The minimum absolute atomic E-state index is 0.00196. The molecule has 1 saturated carbocycles. The lowest BCUT2D eigenvalue weighted by atomic mass is 9.78.